The lowest BCUT2D eigenvalue weighted by molar-refractivity contribution is -0.132. The summed E-state index contributed by atoms with van der Waals surface area (Å²) >= 11 is 0. The average Bonchev–Trinajstić information content (AvgIpc) is 2.34. The van der Waals surface area contributed by atoms with E-state index in [0.29, 0.717) is 5.56 Å². The number of alkyl halides is 2. The fourth-order valence-electron chi connectivity index (χ4n) is 1.13. The van der Waals surface area contributed by atoms with E-state index in [2.05, 4.69) is 0 Å². The lowest BCUT2D eigenvalue weighted by Crippen LogP contribution is -2.06. The van der Waals surface area contributed by atoms with Crippen molar-refractivity contribution in [2.45, 2.75) is 6.43 Å². The molecule has 0 amide bonds. The second kappa shape index (κ2) is 6.35. The zero-order valence-corrected chi connectivity index (χ0v) is 9.14. The average molecular weight is 253 g/mol. The van der Waals surface area contributed by atoms with Crippen LogP contribution in [0.3, 0.4) is 0 Å². The van der Waals surface area contributed by atoms with Crippen LogP contribution in [0.5, 0.6) is 5.75 Å². The minimum atomic E-state index is -2.55. The molecule has 0 aliphatic carbocycles. The number of nitrogens with zero attached hydrogens (tertiary/aromatic N) is 1. The predicted octanol–water partition coefficient (Wildman–Crippen LogP) is 2.32. The molecular formula is C12H9F2NO3. The highest BCUT2D eigenvalue weighted by molar-refractivity contribution is 5.96. The van der Waals surface area contributed by atoms with Crippen molar-refractivity contribution in [1.82, 2.24) is 0 Å². The predicted molar refractivity (Wildman–Crippen MR) is 59.2 cm³/mol. The van der Waals surface area contributed by atoms with E-state index >= 15 is 0 Å². The van der Waals surface area contributed by atoms with Gasteiger partial charge >= 0.3 is 5.97 Å². The number of nitriles is 1. The Bertz CT molecular complexity index is 489. The summed E-state index contributed by atoms with van der Waals surface area (Å²) in [6.45, 7) is -0.701. The van der Waals surface area contributed by atoms with Crippen LogP contribution in [0, 0.1) is 11.3 Å². The lowest BCUT2D eigenvalue weighted by atomic mass is 10.1. The van der Waals surface area contributed by atoms with E-state index < -0.39 is 24.6 Å². The van der Waals surface area contributed by atoms with Crippen LogP contribution in [0.15, 0.2) is 29.8 Å². The maximum atomic E-state index is 11.9. The van der Waals surface area contributed by atoms with Gasteiger partial charge in [-0.15, -0.1) is 0 Å². The van der Waals surface area contributed by atoms with Gasteiger partial charge in [-0.2, -0.15) is 5.26 Å². The third kappa shape index (κ3) is 4.22. The number of carbonyl (C=O) groups is 1. The molecule has 0 bridgehead atoms. The number of hydrogen-bond acceptors (Lipinski definition) is 3. The molecular weight excluding hydrogens is 244 g/mol. The molecule has 0 fully saturated rings. The topological polar surface area (TPSA) is 70.3 Å². The van der Waals surface area contributed by atoms with Crippen molar-refractivity contribution >= 4 is 12.0 Å². The first-order valence-corrected chi connectivity index (χ1v) is 4.89. The molecule has 0 saturated carbocycles. The van der Waals surface area contributed by atoms with Crippen molar-refractivity contribution in [3.8, 4) is 11.8 Å². The second-order valence-corrected chi connectivity index (χ2v) is 3.25. The van der Waals surface area contributed by atoms with Gasteiger partial charge in [-0.05, 0) is 23.8 Å². The number of benzene rings is 1. The molecule has 1 rings (SSSR count). The quantitative estimate of drug-likeness (QED) is 0.645. The number of halogens is 2. The van der Waals surface area contributed by atoms with Gasteiger partial charge < -0.3 is 9.84 Å². The molecule has 94 valence electrons. The first-order chi connectivity index (χ1) is 8.52. The molecule has 0 aliphatic heterocycles. The summed E-state index contributed by atoms with van der Waals surface area (Å²) in [6, 6.07) is 7.33. The van der Waals surface area contributed by atoms with E-state index in [-0.39, 0.29) is 5.75 Å². The van der Waals surface area contributed by atoms with Crippen LogP contribution < -0.4 is 4.74 Å². The molecule has 0 aromatic heterocycles. The van der Waals surface area contributed by atoms with Crippen LogP contribution in [0.25, 0.3) is 6.08 Å². The van der Waals surface area contributed by atoms with Gasteiger partial charge in [-0.3, -0.25) is 0 Å². The van der Waals surface area contributed by atoms with Crippen molar-refractivity contribution < 1.29 is 23.4 Å². The molecule has 0 unspecified atom stereocenters. The Labute approximate surface area is 102 Å². The highest BCUT2D eigenvalue weighted by Gasteiger charge is 2.06. The Morgan fingerprint density at radius 1 is 1.44 bits per heavy atom. The highest BCUT2D eigenvalue weighted by Crippen LogP contribution is 2.15. The number of hydrogen-bond donors (Lipinski definition) is 1. The van der Waals surface area contributed by atoms with E-state index in [1.54, 1.807) is 0 Å². The molecule has 1 aromatic carbocycles. The van der Waals surface area contributed by atoms with Gasteiger partial charge in [0.05, 0.1) is 0 Å². The van der Waals surface area contributed by atoms with Crippen molar-refractivity contribution in [2.24, 2.45) is 0 Å². The van der Waals surface area contributed by atoms with Crippen molar-refractivity contribution in [3.05, 3.63) is 35.4 Å². The van der Waals surface area contributed by atoms with Gasteiger partial charge in [0.15, 0.2) is 0 Å². The van der Waals surface area contributed by atoms with Crippen LogP contribution in [-0.2, 0) is 4.79 Å². The van der Waals surface area contributed by atoms with E-state index in [4.69, 9.17) is 15.1 Å². The van der Waals surface area contributed by atoms with Crippen LogP contribution in [-0.4, -0.2) is 24.1 Å². The Kier molecular flexibility index (Phi) is 4.81. The summed E-state index contributed by atoms with van der Waals surface area (Å²) in [5, 5.41) is 17.2. The molecule has 0 spiro atoms. The van der Waals surface area contributed by atoms with Crippen LogP contribution >= 0.6 is 0 Å². The third-order valence-electron chi connectivity index (χ3n) is 1.92. The number of carboxylic acid groups (broad SMARTS) is 1. The fraction of sp³-hybridized carbons (Fsp3) is 0.167. The molecule has 0 radical (unpaired) electrons. The number of carboxylic acids is 1. The molecule has 4 nitrogen and oxygen atoms in total. The van der Waals surface area contributed by atoms with Gasteiger partial charge in [-0.25, -0.2) is 13.6 Å². The minimum Gasteiger partial charge on any atom is -0.488 e. The largest absolute Gasteiger partial charge is 0.488 e. The summed E-state index contributed by atoms with van der Waals surface area (Å²) < 4.78 is 28.5. The monoisotopic (exact) mass is 253 g/mol. The minimum absolute atomic E-state index is 0.251. The first-order valence-electron chi connectivity index (χ1n) is 4.89. The molecule has 6 heteroatoms. The van der Waals surface area contributed by atoms with E-state index in [9.17, 15) is 13.6 Å². The molecule has 0 atom stereocenters. The van der Waals surface area contributed by atoms with E-state index in [1.807, 2.05) is 0 Å². The number of aliphatic carboxylic acids is 1. The molecule has 1 N–H and O–H groups in total. The van der Waals surface area contributed by atoms with Crippen LogP contribution in [0.2, 0.25) is 0 Å². The van der Waals surface area contributed by atoms with Gasteiger partial charge in [0.25, 0.3) is 6.43 Å². The number of ether oxygens (including phenoxy) is 1. The summed E-state index contributed by atoms with van der Waals surface area (Å²) in [4.78, 5) is 10.6. The maximum absolute atomic E-state index is 11.9. The summed E-state index contributed by atoms with van der Waals surface area (Å²) in [5.74, 6) is -1.07. The van der Waals surface area contributed by atoms with Gasteiger partial charge in [-0.1, -0.05) is 12.1 Å². The molecule has 0 aliphatic rings. The lowest BCUT2D eigenvalue weighted by Gasteiger charge is -2.05. The first kappa shape index (κ1) is 13.6. The molecule has 0 saturated heterocycles. The van der Waals surface area contributed by atoms with E-state index in [0.717, 1.165) is 0 Å². The van der Waals surface area contributed by atoms with Gasteiger partial charge in [0.1, 0.15) is 24.0 Å². The molecule has 18 heavy (non-hydrogen) atoms. The van der Waals surface area contributed by atoms with Crippen molar-refractivity contribution in [2.75, 3.05) is 6.61 Å². The van der Waals surface area contributed by atoms with Gasteiger partial charge in [0, 0.05) is 0 Å². The van der Waals surface area contributed by atoms with Crippen LogP contribution in [0.1, 0.15) is 5.56 Å². The number of rotatable bonds is 5. The molecule has 0 heterocycles. The standard InChI is InChI=1S/C12H9F2NO3/c13-11(14)7-18-10-3-1-8(2-4-10)5-9(6-15)12(16)17/h1-5,11H,7H2,(H,16,17). The summed E-state index contributed by atoms with van der Waals surface area (Å²) in [5.41, 5.74) is 0.0644. The Morgan fingerprint density at radius 2 is 2.06 bits per heavy atom. The van der Waals surface area contributed by atoms with Crippen LogP contribution in [0.4, 0.5) is 8.78 Å². The summed E-state index contributed by atoms with van der Waals surface area (Å²) in [6.07, 6.45) is -1.37. The van der Waals surface area contributed by atoms with E-state index in [1.165, 1.54) is 36.4 Å². The third-order valence-corrected chi connectivity index (χ3v) is 1.92. The van der Waals surface area contributed by atoms with Crippen molar-refractivity contribution in [3.63, 3.8) is 0 Å². The van der Waals surface area contributed by atoms with Gasteiger partial charge in [0.2, 0.25) is 0 Å². The Morgan fingerprint density at radius 3 is 2.50 bits per heavy atom. The maximum Gasteiger partial charge on any atom is 0.346 e. The van der Waals surface area contributed by atoms with Crippen molar-refractivity contribution in [1.29, 1.82) is 5.26 Å². The Balaban J connectivity index is 2.77. The zero-order chi connectivity index (χ0) is 13.5. The Hall–Kier alpha value is -2.42. The highest BCUT2D eigenvalue weighted by atomic mass is 19.3. The normalized spacial score (nSPS) is 11.1. The smallest absolute Gasteiger partial charge is 0.346 e. The SMILES string of the molecule is N#CC(=Cc1ccc(OCC(F)F)cc1)C(=O)O. The molecule has 1 aromatic rings. The summed E-state index contributed by atoms with van der Waals surface area (Å²) in [7, 11) is 0. The second-order valence-electron chi connectivity index (χ2n) is 3.25. The fourth-order valence-corrected chi connectivity index (χ4v) is 1.13. The zero-order valence-electron chi connectivity index (χ0n) is 9.14.